The number of aliphatic hydroxyl groups excluding tert-OH is 5. The average Bonchev–Trinajstić information content (AvgIpc) is 3.16. The van der Waals surface area contributed by atoms with E-state index in [1.165, 1.54) is 9.44 Å². The van der Waals surface area contributed by atoms with Gasteiger partial charge in [-0.25, -0.2) is 26.3 Å². The van der Waals surface area contributed by atoms with Gasteiger partial charge >= 0.3 is 74.1 Å². The minimum Gasteiger partial charge on any atom is -0.479 e. The van der Waals surface area contributed by atoms with E-state index in [4.69, 9.17) is 37.7 Å². The van der Waals surface area contributed by atoms with Crippen LogP contribution in [0.25, 0.3) is 0 Å². The molecule has 0 amide bonds. The van der Waals surface area contributed by atoms with E-state index >= 15 is 0 Å². The summed E-state index contributed by atoms with van der Waals surface area (Å²) in [7, 11) is -34.0. The summed E-state index contributed by atoms with van der Waals surface area (Å²) in [5, 5.41) is 74.4. The molecule has 0 bridgehead atoms. The van der Waals surface area contributed by atoms with Gasteiger partial charge in [0.25, 0.3) is 0 Å². The second-order valence-corrected chi connectivity index (χ2v) is 20.7. The normalized spacial score (nSPS) is 36.7. The molecule has 0 aliphatic carbocycles. The molecule has 1 unspecified atom stereocenters. The first-order chi connectivity index (χ1) is 31.6. The van der Waals surface area contributed by atoms with Gasteiger partial charge in [0, 0.05) is 29.6 Å². The fourth-order valence-electron chi connectivity index (χ4n) is 6.58. The van der Waals surface area contributed by atoms with Crippen LogP contribution in [0, 0.1) is 0 Å². The molecule has 47 heteroatoms. The van der Waals surface area contributed by atoms with Crippen LogP contribution in [-0.2, 0) is 122 Å². The Balaban J connectivity index is 0.0000133. The summed E-state index contributed by atoms with van der Waals surface area (Å²) >= 11 is 0. The number of hydrogen-bond donors (Lipinski definition) is 15. The fraction of sp³-hybridized carbons (Fsp3) is 0.833. The molecule has 15 N–H and O–H groups in total. The molecule has 0 aromatic heterocycles. The molecule has 18 atom stereocenters. The summed E-state index contributed by atoms with van der Waals surface area (Å²) in [5.41, 5.74) is 0. The molecule has 4 aliphatic rings. The number of carboxylic acid groups (broad SMARTS) is 2. The van der Waals surface area contributed by atoms with Crippen molar-refractivity contribution in [2.45, 2.75) is 110 Å². The van der Waals surface area contributed by atoms with Crippen LogP contribution in [0.5, 0.6) is 0 Å². The number of nitrogens with one attached hydrogen (secondary N) is 2. The molecule has 4 rings (SSSR count). The van der Waals surface area contributed by atoms with Crippen LogP contribution in [0.3, 0.4) is 0 Å². The summed E-state index contributed by atoms with van der Waals surface area (Å²) in [5.74, 6) is -5.71. The molecule has 4 aliphatic heterocycles. The molecule has 0 spiro atoms. The number of carbonyl (C=O) groups is 2. The molecule has 3 fully saturated rings. The molecule has 3 saturated heterocycles. The Labute approximate surface area is 419 Å². The van der Waals surface area contributed by atoms with Crippen molar-refractivity contribution < 1.29 is 173 Å². The third-order valence-electron chi connectivity index (χ3n) is 9.18. The topological polar surface area (TPSA) is 628 Å². The van der Waals surface area contributed by atoms with Gasteiger partial charge in [0.05, 0.1) is 13.2 Å². The van der Waals surface area contributed by atoms with Crippen molar-refractivity contribution >= 4 is 104 Å². The molecule has 1 radical (unpaired) electrons. The van der Waals surface area contributed by atoms with Crippen molar-refractivity contribution in [3.05, 3.63) is 11.8 Å². The molecule has 0 aromatic carbocycles. The minimum atomic E-state index is -6.01. The van der Waals surface area contributed by atoms with Crippen molar-refractivity contribution in [3.63, 3.8) is 0 Å². The molecule has 4 heterocycles. The predicted molar refractivity (Wildman–Crippen MR) is 206 cm³/mol. The third kappa shape index (κ3) is 18.8. The standard InChI is InChI=1S/C24H38N2O38S6.Na/c27-4-1-5(19(31)32)57-23(13(4)63-69(48,49)50)59-15-7(3-55-68(45,46)47)58-22(9(11(15)29)26-66(39,40)41)61-16-12(30)17(64-70(51,52)53)24(62-18(16)20(33)34)60-14-6(2-54-67(42,43)44)56-21(35)8(10(14)28)25-65(36,37)38;/h1,4,6-18,21-30,35H,2-3H2,(H,31,32)(H,33,34)(H,36,37,38)(H,39,40,41)(H,42,43,44)(H,45,46,47)(H,48,49,50)(H,51,52,53);/t4-,6+,7+,8+,9+,10+,11+,12-,13+,14+,15+,16-,17+,18+,21?,22-,23-,24+;/m0./s1. The van der Waals surface area contributed by atoms with Gasteiger partial charge in [-0.05, 0) is 6.08 Å². The van der Waals surface area contributed by atoms with Gasteiger partial charge in [-0.3, -0.25) is 27.3 Å². The quantitative estimate of drug-likeness (QED) is 0.0354. The smallest absolute Gasteiger partial charge is 0.397 e. The van der Waals surface area contributed by atoms with E-state index in [-0.39, 0.29) is 35.6 Å². The van der Waals surface area contributed by atoms with Gasteiger partial charge < -0.3 is 68.9 Å². The van der Waals surface area contributed by atoms with Crippen LogP contribution in [0.15, 0.2) is 11.8 Å². The molecule has 71 heavy (non-hydrogen) atoms. The summed E-state index contributed by atoms with van der Waals surface area (Å²) in [4.78, 5) is 24.4. The van der Waals surface area contributed by atoms with Crippen molar-refractivity contribution in [1.29, 1.82) is 0 Å². The molecule has 0 saturated carbocycles. The largest absolute Gasteiger partial charge is 0.479 e. The first-order valence-electron chi connectivity index (χ1n) is 17.9. The van der Waals surface area contributed by atoms with Crippen molar-refractivity contribution in [3.8, 4) is 0 Å². The second-order valence-electron chi connectivity index (χ2n) is 14.1. The Kier molecular flexibility index (Phi) is 21.5. The predicted octanol–water partition coefficient (Wildman–Crippen LogP) is -10.7. The summed E-state index contributed by atoms with van der Waals surface area (Å²) in [6.07, 6.45) is -44.0. The van der Waals surface area contributed by atoms with E-state index in [1.54, 1.807) is 0 Å². The van der Waals surface area contributed by atoms with Crippen LogP contribution in [0.2, 0.25) is 0 Å². The van der Waals surface area contributed by atoms with E-state index in [2.05, 4.69) is 16.7 Å². The monoisotopic (exact) mass is 1180 g/mol. The molecule has 40 nitrogen and oxygen atoms in total. The first kappa shape index (κ1) is 63.6. The summed E-state index contributed by atoms with van der Waals surface area (Å²) in [6.45, 7) is -3.27. The van der Waals surface area contributed by atoms with Crippen molar-refractivity contribution in [2.24, 2.45) is 0 Å². The second kappa shape index (κ2) is 24.1. The van der Waals surface area contributed by atoms with Crippen molar-refractivity contribution in [1.82, 2.24) is 9.44 Å². The fourth-order valence-corrected chi connectivity index (χ4v) is 9.36. The van der Waals surface area contributed by atoms with Gasteiger partial charge in [-0.1, -0.05) is 0 Å². The zero-order chi connectivity index (χ0) is 53.4. The van der Waals surface area contributed by atoms with Gasteiger partial charge in [0.15, 0.2) is 37.2 Å². The molecular weight excluding hydrogens is 1140 g/mol. The van der Waals surface area contributed by atoms with Gasteiger partial charge in [0.2, 0.25) is 12.0 Å². The van der Waals surface area contributed by atoms with Crippen molar-refractivity contribution in [2.75, 3.05) is 13.2 Å². The SMILES string of the molecule is O=C(O)C1=C[C@H](O)[C@@H](OS(=O)(=O)O)[C@H](O[C@H]2[C@H](O)[C@@H](NS(=O)(=O)O)[C@H](O[C@H]3[C@H](O)[C@@H](OS(=O)(=O)O)[C@H](O[C@H]4[C@H](O)[C@@H](NS(=O)(=O)O)C(O)O[C@@H]4COS(=O)(=O)O)O[C@H]3C(=O)O)O[C@@H]2COS(=O)(=O)O)O1.[Na]. The van der Waals surface area contributed by atoms with E-state index in [0.29, 0.717) is 0 Å². The van der Waals surface area contributed by atoms with Crippen LogP contribution < -0.4 is 9.44 Å². The zero-order valence-electron chi connectivity index (χ0n) is 34.4. The van der Waals surface area contributed by atoms with Gasteiger partial charge in [0.1, 0.15) is 67.0 Å². The average molecular weight is 1180 g/mol. The number of carboxylic acids is 2. The van der Waals surface area contributed by atoms with Crippen LogP contribution in [0.4, 0.5) is 0 Å². The maximum Gasteiger partial charge on any atom is 0.397 e. The Morgan fingerprint density at radius 3 is 1.42 bits per heavy atom. The van der Waals surface area contributed by atoms with Gasteiger partial charge in [-0.15, -0.1) is 0 Å². The van der Waals surface area contributed by atoms with E-state index in [1.807, 2.05) is 0 Å². The van der Waals surface area contributed by atoms with Gasteiger partial charge in [-0.2, -0.15) is 60.0 Å². The zero-order valence-corrected chi connectivity index (χ0v) is 41.3. The van der Waals surface area contributed by atoms with Crippen LogP contribution in [-0.4, -0.2) is 279 Å². The van der Waals surface area contributed by atoms with E-state index in [9.17, 15) is 119 Å². The maximum atomic E-state index is 12.7. The number of aliphatic carboxylic acids is 2. The van der Waals surface area contributed by atoms with E-state index < -0.39 is 204 Å². The summed E-state index contributed by atoms with van der Waals surface area (Å²) in [6, 6.07) is -5.30. The third-order valence-corrected chi connectivity index (χ3v) is 12.1. The molecule has 409 valence electrons. The Bertz CT molecular complexity index is 2610. The number of hydrogen-bond acceptors (Lipinski definition) is 30. The number of rotatable bonds is 22. The summed E-state index contributed by atoms with van der Waals surface area (Å²) < 4.78 is 253. The Morgan fingerprint density at radius 2 is 0.972 bits per heavy atom. The number of aliphatic hydroxyl groups is 5. The number of ether oxygens (including phenoxy) is 7. The molecule has 0 aromatic rings. The maximum absolute atomic E-state index is 12.7. The Hall–Kier alpha value is -1.74. The molecular formula is C24H38N2NaO38S6. The van der Waals surface area contributed by atoms with E-state index in [0.717, 1.165) is 0 Å². The van der Waals surface area contributed by atoms with Crippen LogP contribution >= 0.6 is 0 Å². The Morgan fingerprint density at radius 1 is 0.535 bits per heavy atom. The van der Waals surface area contributed by atoms with Crippen LogP contribution in [0.1, 0.15) is 0 Å². The minimum absolute atomic E-state index is 0. The first-order valence-corrected chi connectivity index (χ1v) is 26.2.